The standard InChI is InChI=1S/C12H26NOP/c1-10(2,3)12(6,7)8-11(4,5)9(14)13-15/h8,15H2,1-7H3,(H,13,14). The van der Waals surface area contributed by atoms with Crippen molar-refractivity contribution in [1.82, 2.24) is 5.09 Å². The molecule has 0 rings (SSSR count). The Labute approximate surface area is 96.9 Å². The number of carbonyl (C=O) groups is 1. The predicted molar refractivity (Wildman–Crippen MR) is 69.5 cm³/mol. The SMILES string of the molecule is CC(C)(CC(C)(C)C(C)(C)C)C(=O)NP. The molecule has 0 heterocycles. The first-order chi connectivity index (χ1) is 6.44. The molecule has 0 fully saturated rings. The van der Waals surface area contributed by atoms with Crippen LogP contribution in [0.15, 0.2) is 0 Å². The molecule has 15 heavy (non-hydrogen) atoms. The monoisotopic (exact) mass is 231 g/mol. The van der Waals surface area contributed by atoms with E-state index in [9.17, 15) is 4.79 Å². The van der Waals surface area contributed by atoms with E-state index in [4.69, 9.17) is 0 Å². The van der Waals surface area contributed by atoms with Crippen LogP contribution < -0.4 is 5.09 Å². The summed E-state index contributed by atoms with van der Waals surface area (Å²) >= 11 is 0. The number of rotatable bonds is 3. The molecule has 0 aliphatic carbocycles. The topological polar surface area (TPSA) is 29.1 Å². The van der Waals surface area contributed by atoms with E-state index < -0.39 is 0 Å². The van der Waals surface area contributed by atoms with Crippen LogP contribution in [0.3, 0.4) is 0 Å². The largest absolute Gasteiger partial charge is 0.340 e. The molecule has 1 amide bonds. The number of hydrogen-bond acceptors (Lipinski definition) is 1. The molecule has 0 aromatic carbocycles. The summed E-state index contributed by atoms with van der Waals surface area (Å²) in [6, 6.07) is 0. The van der Waals surface area contributed by atoms with Crippen molar-refractivity contribution in [3.05, 3.63) is 0 Å². The van der Waals surface area contributed by atoms with Crippen molar-refractivity contribution in [2.45, 2.75) is 54.9 Å². The molecule has 0 spiro atoms. The van der Waals surface area contributed by atoms with Gasteiger partial charge in [0.1, 0.15) is 0 Å². The second-order valence-corrected chi connectivity index (χ2v) is 6.96. The minimum absolute atomic E-state index is 0.0878. The van der Waals surface area contributed by atoms with Gasteiger partial charge >= 0.3 is 0 Å². The molecule has 1 unspecified atom stereocenters. The minimum atomic E-state index is -0.321. The van der Waals surface area contributed by atoms with Crippen molar-refractivity contribution in [3.63, 3.8) is 0 Å². The van der Waals surface area contributed by atoms with Gasteiger partial charge in [0.15, 0.2) is 0 Å². The maximum absolute atomic E-state index is 11.7. The normalized spacial score (nSPS) is 13.9. The summed E-state index contributed by atoms with van der Waals surface area (Å²) in [4.78, 5) is 11.7. The molecule has 0 aromatic heterocycles. The van der Waals surface area contributed by atoms with Gasteiger partial charge in [0.05, 0.1) is 0 Å². The van der Waals surface area contributed by atoms with Crippen LogP contribution in [0, 0.1) is 16.2 Å². The molecule has 0 aliphatic rings. The second kappa shape index (κ2) is 4.41. The fraction of sp³-hybridized carbons (Fsp3) is 0.917. The van der Waals surface area contributed by atoms with E-state index in [1.807, 2.05) is 13.8 Å². The Morgan fingerprint density at radius 1 is 1.07 bits per heavy atom. The quantitative estimate of drug-likeness (QED) is 0.741. The van der Waals surface area contributed by atoms with Gasteiger partial charge in [-0.2, -0.15) is 0 Å². The highest BCUT2D eigenvalue weighted by Gasteiger charge is 2.40. The summed E-state index contributed by atoms with van der Waals surface area (Å²) in [5.74, 6) is 0.0878. The van der Waals surface area contributed by atoms with Crippen LogP contribution in [-0.2, 0) is 4.79 Å². The van der Waals surface area contributed by atoms with Gasteiger partial charge in [0.2, 0.25) is 5.91 Å². The maximum Gasteiger partial charge on any atom is 0.228 e. The zero-order chi connectivity index (χ0) is 12.5. The zero-order valence-corrected chi connectivity index (χ0v) is 12.3. The van der Waals surface area contributed by atoms with Crippen LogP contribution >= 0.6 is 9.39 Å². The van der Waals surface area contributed by atoms with Crippen molar-refractivity contribution in [2.24, 2.45) is 16.2 Å². The van der Waals surface area contributed by atoms with E-state index >= 15 is 0 Å². The van der Waals surface area contributed by atoms with Crippen LogP contribution in [0.25, 0.3) is 0 Å². The van der Waals surface area contributed by atoms with Gasteiger partial charge in [-0.05, 0) is 26.6 Å². The van der Waals surface area contributed by atoms with Crippen LogP contribution in [-0.4, -0.2) is 5.91 Å². The van der Waals surface area contributed by atoms with Crippen LogP contribution in [0.5, 0.6) is 0 Å². The van der Waals surface area contributed by atoms with Crippen molar-refractivity contribution >= 4 is 15.3 Å². The lowest BCUT2D eigenvalue weighted by molar-refractivity contribution is -0.129. The van der Waals surface area contributed by atoms with E-state index in [-0.39, 0.29) is 22.2 Å². The van der Waals surface area contributed by atoms with E-state index in [1.165, 1.54) is 0 Å². The lowest BCUT2D eigenvalue weighted by Gasteiger charge is -2.43. The third-order valence-electron chi connectivity index (χ3n) is 3.66. The molecular weight excluding hydrogens is 205 g/mol. The van der Waals surface area contributed by atoms with Gasteiger partial charge < -0.3 is 5.09 Å². The van der Waals surface area contributed by atoms with Gasteiger partial charge in [-0.15, -0.1) is 0 Å². The van der Waals surface area contributed by atoms with E-state index in [2.05, 4.69) is 49.1 Å². The highest BCUT2D eigenvalue weighted by atomic mass is 31.0. The molecule has 1 N–H and O–H groups in total. The molecule has 1 atom stereocenters. The van der Waals surface area contributed by atoms with Crippen molar-refractivity contribution in [3.8, 4) is 0 Å². The first-order valence-corrected chi connectivity index (χ1v) is 6.03. The first-order valence-electron chi connectivity index (χ1n) is 5.45. The molecular formula is C12H26NOP. The van der Waals surface area contributed by atoms with Crippen LogP contribution in [0.4, 0.5) is 0 Å². The van der Waals surface area contributed by atoms with Gasteiger partial charge in [-0.25, -0.2) is 0 Å². The smallest absolute Gasteiger partial charge is 0.228 e. The lowest BCUT2D eigenvalue weighted by atomic mass is 9.62. The molecule has 0 aliphatic heterocycles. The highest BCUT2D eigenvalue weighted by molar-refractivity contribution is 7.15. The average molecular weight is 231 g/mol. The summed E-state index contributed by atoms with van der Waals surface area (Å²) in [6.45, 7) is 15.1. The third kappa shape index (κ3) is 3.75. The summed E-state index contributed by atoms with van der Waals surface area (Å²) in [7, 11) is 2.28. The number of hydrogen-bond donors (Lipinski definition) is 1. The van der Waals surface area contributed by atoms with E-state index in [0.717, 1.165) is 6.42 Å². The molecule has 0 aromatic rings. The number of carbonyl (C=O) groups excluding carboxylic acids is 1. The zero-order valence-electron chi connectivity index (χ0n) is 11.2. The van der Waals surface area contributed by atoms with E-state index in [1.54, 1.807) is 0 Å². The predicted octanol–water partition coefficient (Wildman–Crippen LogP) is 3.38. The minimum Gasteiger partial charge on any atom is -0.340 e. The Morgan fingerprint density at radius 2 is 1.47 bits per heavy atom. The average Bonchev–Trinajstić information content (AvgIpc) is 1.98. The Morgan fingerprint density at radius 3 is 1.73 bits per heavy atom. The molecule has 3 heteroatoms. The maximum atomic E-state index is 11.7. The summed E-state index contributed by atoms with van der Waals surface area (Å²) in [5, 5.41) is 2.66. The van der Waals surface area contributed by atoms with Gasteiger partial charge in [-0.1, -0.05) is 48.5 Å². The van der Waals surface area contributed by atoms with Gasteiger partial charge in [-0.3, -0.25) is 4.79 Å². The summed E-state index contributed by atoms with van der Waals surface area (Å²) < 4.78 is 0. The molecule has 2 nitrogen and oxygen atoms in total. The Hall–Kier alpha value is -0.100. The van der Waals surface area contributed by atoms with Crippen LogP contribution in [0.2, 0.25) is 0 Å². The Bertz CT molecular complexity index is 238. The first kappa shape index (κ1) is 14.9. The second-order valence-electron chi connectivity index (χ2n) is 6.67. The van der Waals surface area contributed by atoms with Crippen molar-refractivity contribution < 1.29 is 4.79 Å². The molecule has 0 saturated heterocycles. The summed E-state index contributed by atoms with van der Waals surface area (Å²) in [5.41, 5.74) is 0.0115. The molecule has 0 radical (unpaired) electrons. The molecule has 90 valence electrons. The summed E-state index contributed by atoms with van der Waals surface area (Å²) in [6.07, 6.45) is 0.879. The van der Waals surface area contributed by atoms with Crippen molar-refractivity contribution in [2.75, 3.05) is 0 Å². The molecule has 0 saturated carbocycles. The number of amides is 1. The van der Waals surface area contributed by atoms with Crippen LogP contribution in [0.1, 0.15) is 54.9 Å². The fourth-order valence-corrected chi connectivity index (χ4v) is 2.04. The van der Waals surface area contributed by atoms with E-state index in [0.29, 0.717) is 0 Å². The van der Waals surface area contributed by atoms with Gasteiger partial charge in [0.25, 0.3) is 0 Å². The lowest BCUT2D eigenvalue weighted by Crippen LogP contribution is -2.40. The molecule has 0 bridgehead atoms. The Kier molecular flexibility index (Phi) is 4.38. The highest BCUT2D eigenvalue weighted by Crippen LogP contribution is 2.46. The fourth-order valence-electron chi connectivity index (χ4n) is 1.65. The number of nitrogens with one attached hydrogen (secondary N) is 1. The van der Waals surface area contributed by atoms with Crippen molar-refractivity contribution in [1.29, 1.82) is 0 Å². The third-order valence-corrected chi connectivity index (χ3v) is 3.92. The van der Waals surface area contributed by atoms with Gasteiger partial charge in [0, 0.05) is 5.41 Å². The Balaban J connectivity index is 4.80.